The summed E-state index contributed by atoms with van der Waals surface area (Å²) in [6.07, 6.45) is 3.35. The number of hydroxylamine groups is 1. The van der Waals surface area contributed by atoms with Crippen LogP contribution in [0.4, 0.5) is 0 Å². The van der Waals surface area contributed by atoms with Gasteiger partial charge in [-0.15, -0.1) is 0 Å². The van der Waals surface area contributed by atoms with Gasteiger partial charge in [-0.25, -0.2) is 5.48 Å². The van der Waals surface area contributed by atoms with Gasteiger partial charge in [-0.2, -0.15) is 5.10 Å². The molecule has 1 aliphatic heterocycles. The maximum Gasteiger partial charge on any atom is 0.267 e. The SMILES string of the molecule is Cc1cc(C)n(C[C@H]2C[C@@H](O)CN2Cc2ccc(/C=C/C(=O)NO)cc2)n1. The zero-order chi connectivity index (χ0) is 19.4. The molecule has 7 nitrogen and oxygen atoms in total. The highest BCUT2D eigenvalue weighted by Crippen LogP contribution is 2.23. The predicted octanol–water partition coefficient (Wildman–Crippen LogP) is 1.65. The molecule has 1 saturated heterocycles. The standard InChI is InChI=1S/C20H26N4O3/c1-14-9-15(2)24(21-14)12-18-10-19(25)13-23(18)11-17-5-3-16(4-6-17)7-8-20(26)22-27/h3-9,18-19,25,27H,10-13H2,1-2H3,(H,22,26)/b8-7+/t18-,19-/m1/s1. The van der Waals surface area contributed by atoms with Crippen molar-refractivity contribution in [3.05, 3.63) is 58.9 Å². The molecular weight excluding hydrogens is 344 g/mol. The lowest BCUT2D eigenvalue weighted by Gasteiger charge is -2.24. The van der Waals surface area contributed by atoms with Crippen molar-refractivity contribution in [3.8, 4) is 0 Å². The number of hydrogen-bond acceptors (Lipinski definition) is 5. The number of rotatable bonds is 6. The van der Waals surface area contributed by atoms with E-state index in [4.69, 9.17) is 5.21 Å². The van der Waals surface area contributed by atoms with Gasteiger partial charge >= 0.3 is 0 Å². The molecule has 1 aromatic heterocycles. The Kier molecular flexibility index (Phi) is 6.05. The average molecular weight is 370 g/mol. The Bertz CT molecular complexity index is 813. The second-order valence-corrected chi connectivity index (χ2v) is 7.13. The molecule has 2 atom stereocenters. The number of carbonyl (C=O) groups is 1. The number of aryl methyl sites for hydroxylation is 2. The van der Waals surface area contributed by atoms with E-state index < -0.39 is 5.91 Å². The number of aliphatic hydroxyl groups excluding tert-OH is 1. The van der Waals surface area contributed by atoms with E-state index in [2.05, 4.69) is 23.0 Å². The summed E-state index contributed by atoms with van der Waals surface area (Å²) in [5.74, 6) is -0.558. The minimum atomic E-state index is -0.558. The molecule has 0 aliphatic carbocycles. The highest BCUT2D eigenvalue weighted by molar-refractivity contribution is 5.90. The number of β-amino-alcohol motifs (C(OH)–C–C–N with tert-alkyl or cyclic N) is 1. The molecule has 3 rings (SSSR count). The molecule has 1 aliphatic rings. The monoisotopic (exact) mass is 370 g/mol. The van der Waals surface area contributed by atoms with Gasteiger partial charge in [0.2, 0.25) is 0 Å². The number of carbonyl (C=O) groups excluding carboxylic acids is 1. The van der Waals surface area contributed by atoms with Crippen molar-refractivity contribution in [3.63, 3.8) is 0 Å². The molecule has 1 amide bonds. The molecule has 2 heterocycles. The Balaban J connectivity index is 1.65. The first-order valence-electron chi connectivity index (χ1n) is 9.09. The summed E-state index contributed by atoms with van der Waals surface area (Å²) in [5, 5.41) is 23.2. The van der Waals surface area contributed by atoms with Crippen molar-refractivity contribution in [1.82, 2.24) is 20.2 Å². The van der Waals surface area contributed by atoms with Gasteiger partial charge in [0.05, 0.1) is 18.3 Å². The number of aliphatic hydroxyl groups is 1. The second kappa shape index (κ2) is 8.47. The van der Waals surface area contributed by atoms with E-state index in [1.807, 2.05) is 35.9 Å². The Morgan fingerprint density at radius 3 is 2.70 bits per heavy atom. The maximum atomic E-state index is 11.0. The molecule has 0 unspecified atom stereocenters. The first-order chi connectivity index (χ1) is 12.9. The van der Waals surface area contributed by atoms with Crippen LogP contribution in [0.1, 0.15) is 28.9 Å². The number of hydrogen-bond donors (Lipinski definition) is 3. The van der Waals surface area contributed by atoms with Gasteiger partial charge in [-0.1, -0.05) is 24.3 Å². The van der Waals surface area contributed by atoms with Crippen molar-refractivity contribution < 1.29 is 15.1 Å². The van der Waals surface area contributed by atoms with Crippen LogP contribution in [0.3, 0.4) is 0 Å². The maximum absolute atomic E-state index is 11.0. The van der Waals surface area contributed by atoms with Crippen LogP contribution < -0.4 is 5.48 Å². The lowest BCUT2D eigenvalue weighted by Crippen LogP contribution is -2.33. The van der Waals surface area contributed by atoms with E-state index in [1.54, 1.807) is 11.6 Å². The molecule has 0 spiro atoms. The van der Waals surface area contributed by atoms with Crippen LogP contribution in [0.2, 0.25) is 0 Å². The summed E-state index contributed by atoms with van der Waals surface area (Å²) >= 11 is 0. The summed E-state index contributed by atoms with van der Waals surface area (Å²) < 4.78 is 2.02. The van der Waals surface area contributed by atoms with Crippen molar-refractivity contribution in [2.75, 3.05) is 6.54 Å². The lowest BCUT2D eigenvalue weighted by molar-refractivity contribution is -0.124. The molecule has 1 fully saturated rings. The summed E-state index contributed by atoms with van der Waals surface area (Å²) in [6.45, 7) is 6.22. The largest absolute Gasteiger partial charge is 0.392 e. The Morgan fingerprint density at radius 2 is 2.07 bits per heavy atom. The van der Waals surface area contributed by atoms with Crippen molar-refractivity contribution in [1.29, 1.82) is 0 Å². The van der Waals surface area contributed by atoms with Gasteiger partial charge in [-0.3, -0.25) is 19.6 Å². The summed E-state index contributed by atoms with van der Waals surface area (Å²) in [7, 11) is 0. The molecule has 0 radical (unpaired) electrons. The van der Waals surface area contributed by atoms with E-state index >= 15 is 0 Å². The van der Waals surface area contributed by atoms with Gasteiger partial charge in [-0.05, 0) is 43.5 Å². The fraction of sp³-hybridized carbons (Fsp3) is 0.400. The third-order valence-electron chi connectivity index (χ3n) is 4.90. The normalized spacial score (nSPS) is 20.4. The lowest BCUT2D eigenvalue weighted by atomic mass is 10.1. The van der Waals surface area contributed by atoms with Crippen LogP contribution in [0.15, 0.2) is 36.4 Å². The van der Waals surface area contributed by atoms with Gasteiger partial charge in [0.25, 0.3) is 5.91 Å². The number of nitrogens with one attached hydrogen (secondary N) is 1. The molecule has 0 bridgehead atoms. The molecule has 0 saturated carbocycles. The first-order valence-corrected chi connectivity index (χ1v) is 9.09. The third-order valence-corrected chi connectivity index (χ3v) is 4.90. The fourth-order valence-corrected chi connectivity index (χ4v) is 3.58. The van der Waals surface area contributed by atoms with Crippen LogP contribution in [-0.2, 0) is 17.9 Å². The van der Waals surface area contributed by atoms with E-state index in [0.717, 1.165) is 42.0 Å². The topological polar surface area (TPSA) is 90.6 Å². The molecule has 144 valence electrons. The van der Waals surface area contributed by atoms with Gasteiger partial charge in [0, 0.05) is 30.9 Å². The quantitative estimate of drug-likeness (QED) is 0.409. The van der Waals surface area contributed by atoms with Crippen molar-refractivity contribution in [2.45, 2.75) is 45.5 Å². The molecule has 3 N–H and O–H groups in total. The van der Waals surface area contributed by atoms with Crippen molar-refractivity contribution in [2.24, 2.45) is 0 Å². The highest BCUT2D eigenvalue weighted by Gasteiger charge is 2.31. The van der Waals surface area contributed by atoms with Gasteiger partial charge < -0.3 is 5.11 Å². The Hall–Kier alpha value is -2.48. The number of nitrogens with zero attached hydrogens (tertiary/aromatic N) is 3. The number of aromatic nitrogens is 2. The van der Waals surface area contributed by atoms with Crippen molar-refractivity contribution >= 4 is 12.0 Å². The molecule has 7 heteroatoms. The van der Waals surface area contributed by atoms with Gasteiger partial charge in [0.15, 0.2) is 0 Å². The Morgan fingerprint density at radius 1 is 1.33 bits per heavy atom. The van der Waals surface area contributed by atoms with Crippen LogP contribution in [-0.4, -0.2) is 49.6 Å². The van der Waals surface area contributed by atoms with E-state index in [9.17, 15) is 9.90 Å². The minimum Gasteiger partial charge on any atom is -0.392 e. The van der Waals surface area contributed by atoms with Crippen LogP contribution in [0, 0.1) is 13.8 Å². The smallest absolute Gasteiger partial charge is 0.267 e. The van der Waals surface area contributed by atoms with E-state index in [-0.39, 0.29) is 12.1 Å². The number of likely N-dealkylation sites (tertiary alicyclic amines) is 1. The first kappa shape index (κ1) is 19.3. The zero-order valence-corrected chi connectivity index (χ0v) is 15.7. The molecule has 27 heavy (non-hydrogen) atoms. The highest BCUT2D eigenvalue weighted by atomic mass is 16.5. The predicted molar refractivity (Wildman–Crippen MR) is 102 cm³/mol. The average Bonchev–Trinajstić information content (AvgIpc) is 3.15. The van der Waals surface area contributed by atoms with E-state index in [1.165, 1.54) is 6.08 Å². The molecule has 1 aromatic carbocycles. The number of benzene rings is 1. The summed E-state index contributed by atoms with van der Waals surface area (Å²) in [6, 6.07) is 10.2. The van der Waals surface area contributed by atoms with Crippen LogP contribution in [0.5, 0.6) is 0 Å². The second-order valence-electron chi connectivity index (χ2n) is 7.13. The Labute approximate surface area is 158 Å². The van der Waals surface area contributed by atoms with Gasteiger partial charge in [0.1, 0.15) is 0 Å². The fourth-order valence-electron chi connectivity index (χ4n) is 3.58. The van der Waals surface area contributed by atoms with Crippen LogP contribution >= 0.6 is 0 Å². The summed E-state index contributed by atoms with van der Waals surface area (Å²) in [5.41, 5.74) is 5.73. The summed E-state index contributed by atoms with van der Waals surface area (Å²) in [4.78, 5) is 13.3. The minimum absolute atomic E-state index is 0.242. The molecular formula is C20H26N4O3. The zero-order valence-electron chi connectivity index (χ0n) is 15.7. The van der Waals surface area contributed by atoms with E-state index in [0.29, 0.717) is 6.54 Å². The number of amides is 1. The van der Waals surface area contributed by atoms with Crippen LogP contribution in [0.25, 0.3) is 6.08 Å². The third kappa shape index (κ3) is 5.03. The molecule has 2 aromatic rings.